The molecule has 29 heavy (non-hydrogen) atoms. The summed E-state index contributed by atoms with van der Waals surface area (Å²) in [6.07, 6.45) is 0. The number of nitrogens with zero attached hydrogens (tertiary/aromatic N) is 8. The zero-order valence-electron chi connectivity index (χ0n) is 14.5. The van der Waals surface area contributed by atoms with Crippen molar-refractivity contribution in [3.8, 4) is 0 Å². The first-order valence-corrected chi connectivity index (χ1v) is 8.56. The molecule has 0 aliphatic rings. The first kappa shape index (κ1) is 15.4. The lowest BCUT2D eigenvalue weighted by Gasteiger charge is -2.08. The topological polar surface area (TPSA) is 175 Å². The summed E-state index contributed by atoms with van der Waals surface area (Å²) in [7, 11) is 0. The Morgan fingerprint density at radius 3 is 1.48 bits per heavy atom. The second kappa shape index (κ2) is 5.91. The summed E-state index contributed by atoms with van der Waals surface area (Å²) in [6.45, 7) is 0. The van der Waals surface area contributed by atoms with Crippen molar-refractivity contribution in [2.45, 2.75) is 0 Å². The number of fused-ring (bicyclic) bond motifs is 3. The van der Waals surface area contributed by atoms with E-state index in [0.717, 1.165) is 33.4 Å². The van der Waals surface area contributed by atoms with Crippen LogP contribution in [-0.2, 0) is 0 Å². The maximum Gasteiger partial charge on any atom is 0.183 e. The lowest BCUT2D eigenvalue weighted by atomic mass is 10.2. The zero-order valence-corrected chi connectivity index (χ0v) is 14.5. The van der Waals surface area contributed by atoms with E-state index in [1.54, 1.807) is 0 Å². The first-order chi connectivity index (χ1) is 14.3. The number of hydrogen-bond acceptors (Lipinski definition) is 10. The molecule has 5 N–H and O–H groups in total. The van der Waals surface area contributed by atoms with Crippen molar-refractivity contribution in [1.29, 1.82) is 0 Å². The van der Waals surface area contributed by atoms with Gasteiger partial charge in [-0.2, -0.15) is 46.2 Å². The van der Waals surface area contributed by atoms with Crippen LogP contribution >= 0.6 is 0 Å². The molecule has 0 bridgehead atoms. The smallest absolute Gasteiger partial charge is 0.183 e. The predicted molar refractivity (Wildman–Crippen MR) is 104 cm³/mol. The van der Waals surface area contributed by atoms with Crippen LogP contribution in [-0.4, -0.2) is 56.4 Å². The third kappa shape index (κ3) is 2.56. The third-order valence-electron chi connectivity index (χ3n) is 4.40. The molecule has 0 aliphatic carbocycles. The Balaban J connectivity index is 1.35. The second-order valence-corrected chi connectivity index (χ2v) is 6.22. The second-order valence-electron chi connectivity index (χ2n) is 6.22. The van der Waals surface area contributed by atoms with Gasteiger partial charge in [-0.05, 0) is 36.4 Å². The molecule has 0 atom stereocenters. The van der Waals surface area contributed by atoms with E-state index in [1.165, 1.54) is 0 Å². The molecule has 0 aliphatic heterocycles. The molecule has 0 saturated carbocycles. The van der Waals surface area contributed by atoms with Gasteiger partial charge in [-0.15, -0.1) is 10.2 Å². The van der Waals surface area contributed by atoms with E-state index in [4.69, 9.17) is 0 Å². The molecule has 2 aromatic carbocycles. The lowest BCUT2D eigenvalue weighted by Crippen LogP contribution is -2.01. The molecule has 13 nitrogen and oxygen atoms in total. The molecule has 6 aromatic rings. The SMILES string of the molecule is c1cc2n[nH]nc2cc1Nc1nnc(Nc2ccc3n[nH]nc3c2)c2n[nH]nc12. The number of benzene rings is 2. The number of aromatic amines is 3. The van der Waals surface area contributed by atoms with Crippen LogP contribution < -0.4 is 10.6 Å². The molecule has 0 fully saturated rings. The molecule has 0 spiro atoms. The first-order valence-electron chi connectivity index (χ1n) is 8.56. The Kier molecular flexibility index (Phi) is 3.14. The van der Waals surface area contributed by atoms with Gasteiger partial charge in [-0.3, -0.25) is 0 Å². The zero-order chi connectivity index (χ0) is 19.2. The number of hydrogen-bond donors (Lipinski definition) is 5. The van der Waals surface area contributed by atoms with Crippen molar-refractivity contribution in [1.82, 2.24) is 56.4 Å². The van der Waals surface area contributed by atoms with Crippen LogP contribution in [0.3, 0.4) is 0 Å². The minimum Gasteiger partial charge on any atom is -0.337 e. The van der Waals surface area contributed by atoms with E-state index in [-0.39, 0.29) is 0 Å². The normalized spacial score (nSPS) is 11.4. The fraction of sp³-hybridized carbons (Fsp3) is 0. The molecular formula is C16H11N13. The predicted octanol–water partition coefficient (Wildman–Crippen LogP) is 1.78. The van der Waals surface area contributed by atoms with Gasteiger partial charge in [0.2, 0.25) is 0 Å². The van der Waals surface area contributed by atoms with Gasteiger partial charge in [0.1, 0.15) is 22.1 Å². The molecular weight excluding hydrogens is 374 g/mol. The highest BCUT2D eigenvalue weighted by atomic mass is 15.4. The van der Waals surface area contributed by atoms with Gasteiger partial charge >= 0.3 is 0 Å². The molecule has 6 rings (SSSR count). The van der Waals surface area contributed by atoms with Crippen molar-refractivity contribution in [3.63, 3.8) is 0 Å². The van der Waals surface area contributed by atoms with E-state index in [2.05, 4.69) is 67.1 Å². The van der Waals surface area contributed by atoms with Gasteiger partial charge in [0.15, 0.2) is 22.7 Å². The van der Waals surface area contributed by atoms with Crippen LogP contribution in [0.25, 0.3) is 33.1 Å². The quantitative estimate of drug-likeness (QED) is 0.301. The summed E-state index contributed by atoms with van der Waals surface area (Å²) in [5.41, 5.74) is 5.68. The Morgan fingerprint density at radius 1 is 0.517 bits per heavy atom. The maximum absolute atomic E-state index is 4.27. The van der Waals surface area contributed by atoms with Gasteiger partial charge in [0.25, 0.3) is 0 Å². The highest BCUT2D eigenvalue weighted by Gasteiger charge is 2.15. The molecule has 13 heteroatoms. The van der Waals surface area contributed by atoms with Crippen molar-refractivity contribution in [2.24, 2.45) is 0 Å². The van der Waals surface area contributed by atoms with Crippen molar-refractivity contribution < 1.29 is 0 Å². The van der Waals surface area contributed by atoms with E-state index in [1.807, 2.05) is 36.4 Å². The number of aromatic nitrogens is 11. The minimum atomic E-state index is 0.467. The fourth-order valence-corrected chi connectivity index (χ4v) is 3.03. The molecule has 140 valence electrons. The summed E-state index contributed by atoms with van der Waals surface area (Å²) in [6, 6.07) is 11.2. The van der Waals surface area contributed by atoms with Crippen LogP contribution in [0.4, 0.5) is 23.0 Å². The summed E-state index contributed by atoms with van der Waals surface area (Å²) >= 11 is 0. The van der Waals surface area contributed by atoms with E-state index < -0.39 is 0 Å². The summed E-state index contributed by atoms with van der Waals surface area (Å²) in [5.74, 6) is 0.934. The summed E-state index contributed by atoms with van der Waals surface area (Å²) < 4.78 is 0. The Bertz CT molecular complexity index is 1370. The lowest BCUT2D eigenvalue weighted by molar-refractivity contribution is 0.959. The Hall–Kier alpha value is -4.68. The Morgan fingerprint density at radius 2 is 0.966 bits per heavy atom. The van der Waals surface area contributed by atoms with Crippen LogP contribution in [0.1, 0.15) is 0 Å². The van der Waals surface area contributed by atoms with Crippen LogP contribution in [0.15, 0.2) is 36.4 Å². The van der Waals surface area contributed by atoms with Crippen molar-refractivity contribution in [2.75, 3.05) is 10.6 Å². The largest absolute Gasteiger partial charge is 0.337 e. The third-order valence-corrected chi connectivity index (χ3v) is 4.40. The summed E-state index contributed by atoms with van der Waals surface area (Å²) in [4.78, 5) is 0. The molecule has 4 aromatic heterocycles. The fourth-order valence-electron chi connectivity index (χ4n) is 3.03. The van der Waals surface area contributed by atoms with Gasteiger partial charge < -0.3 is 10.6 Å². The Labute approximate surface area is 160 Å². The van der Waals surface area contributed by atoms with Crippen LogP contribution in [0.5, 0.6) is 0 Å². The average molecular weight is 385 g/mol. The van der Waals surface area contributed by atoms with Gasteiger partial charge in [0.05, 0.1) is 0 Å². The van der Waals surface area contributed by atoms with Crippen molar-refractivity contribution in [3.05, 3.63) is 36.4 Å². The number of anilines is 4. The van der Waals surface area contributed by atoms with Crippen LogP contribution in [0, 0.1) is 0 Å². The highest BCUT2D eigenvalue weighted by molar-refractivity contribution is 5.95. The van der Waals surface area contributed by atoms with E-state index >= 15 is 0 Å². The van der Waals surface area contributed by atoms with Crippen LogP contribution in [0.2, 0.25) is 0 Å². The average Bonchev–Trinajstić information content (AvgIpc) is 3.49. The molecule has 0 saturated heterocycles. The molecule has 4 heterocycles. The molecule has 0 unspecified atom stereocenters. The summed E-state index contributed by atoms with van der Waals surface area (Å²) in [5, 5.41) is 47.4. The van der Waals surface area contributed by atoms with E-state index in [0.29, 0.717) is 22.7 Å². The number of nitrogens with one attached hydrogen (secondary N) is 5. The van der Waals surface area contributed by atoms with Crippen molar-refractivity contribution >= 4 is 56.1 Å². The molecule has 0 radical (unpaired) electrons. The number of rotatable bonds is 4. The highest BCUT2D eigenvalue weighted by Crippen LogP contribution is 2.28. The maximum atomic E-state index is 4.27. The van der Waals surface area contributed by atoms with Gasteiger partial charge in [-0.25, -0.2) is 0 Å². The number of H-pyrrole nitrogens is 3. The van der Waals surface area contributed by atoms with E-state index in [9.17, 15) is 0 Å². The minimum absolute atomic E-state index is 0.467. The molecule has 0 amide bonds. The van der Waals surface area contributed by atoms with Gasteiger partial charge in [0, 0.05) is 11.4 Å². The monoisotopic (exact) mass is 385 g/mol. The van der Waals surface area contributed by atoms with Gasteiger partial charge in [-0.1, -0.05) is 0 Å². The standard InChI is InChI=1S/C16H11N13/c1-3-9-11(21-27-19-9)5-7(1)17-15-13-14(24-29-23-13)16(26-25-15)18-8-2-4-10-12(6-8)22-28-20-10/h1-6H,(H,17,25)(H,18,26)(H,19,21,27)(H,20,22,28)(H,23,24,29).